The fourth-order valence-electron chi connectivity index (χ4n) is 1.75. The Hall–Kier alpha value is -0.0700. The Morgan fingerprint density at radius 2 is 1.04 bits per heavy atom. The van der Waals surface area contributed by atoms with Gasteiger partial charge in [-0.3, -0.25) is 4.79 Å². The predicted molar refractivity (Wildman–Crippen MR) is 72.2 cm³/mol. The van der Waals surface area contributed by atoms with E-state index in [0.29, 0.717) is 0 Å². The van der Waals surface area contributed by atoms with Crippen molar-refractivity contribution in [1.82, 2.24) is 0 Å². The van der Waals surface area contributed by atoms with Crippen LogP contribution in [0.4, 0.5) is 0 Å². The fraction of sp³-hybridized carbons (Fsp3) is 0. The molecule has 0 aromatic heterocycles. The number of hydrogen-bond acceptors (Lipinski definition) is 7. The van der Waals surface area contributed by atoms with Crippen LogP contribution < -0.4 is 59.1 Å². The van der Waals surface area contributed by atoms with E-state index < -0.39 is 35.8 Å². The van der Waals surface area contributed by atoms with E-state index in [0.717, 1.165) is 24.3 Å². The Morgan fingerprint density at radius 1 is 0.708 bits per heavy atom. The smallest absolute Gasteiger partial charge is 0.744 e. The normalized spacial score (nSPS) is 11.1. The molecule has 2 aromatic carbocycles. The van der Waals surface area contributed by atoms with Crippen molar-refractivity contribution in [3.05, 3.63) is 59.7 Å². The molecule has 11 heteroatoms. The molecule has 7 nitrogen and oxygen atoms in total. The van der Waals surface area contributed by atoms with Crippen molar-refractivity contribution in [2.24, 2.45) is 0 Å². The van der Waals surface area contributed by atoms with Crippen LogP contribution in [0.15, 0.2) is 58.3 Å². The summed E-state index contributed by atoms with van der Waals surface area (Å²) in [6, 6.07) is 8.84. The van der Waals surface area contributed by atoms with Crippen LogP contribution in [0.2, 0.25) is 0 Å². The van der Waals surface area contributed by atoms with Crippen molar-refractivity contribution in [2.45, 2.75) is 9.79 Å². The molecule has 0 bridgehead atoms. The van der Waals surface area contributed by atoms with Gasteiger partial charge >= 0.3 is 59.1 Å². The third-order valence-corrected chi connectivity index (χ3v) is 4.43. The summed E-state index contributed by atoms with van der Waals surface area (Å²) in [5.74, 6) is -0.712. The first-order valence-corrected chi connectivity index (χ1v) is 8.57. The summed E-state index contributed by atoms with van der Waals surface area (Å²) in [5, 5.41) is 0. The van der Waals surface area contributed by atoms with Gasteiger partial charge in [0.1, 0.15) is 20.2 Å². The molecule has 0 aliphatic rings. The maximum absolute atomic E-state index is 12.2. The molecule has 2 rings (SSSR count). The molecule has 0 spiro atoms. The second-order valence-corrected chi connectivity index (χ2v) is 7.05. The van der Waals surface area contributed by atoms with Gasteiger partial charge in [-0.1, -0.05) is 24.3 Å². The van der Waals surface area contributed by atoms with Gasteiger partial charge in [-0.2, -0.15) is 0 Å². The Labute approximate surface area is 183 Å². The summed E-state index contributed by atoms with van der Waals surface area (Å²) in [6.45, 7) is 0. The monoisotopic (exact) mass is 386 g/mol. The minimum atomic E-state index is -4.72. The molecule has 0 unspecified atom stereocenters. The number of carbonyl (C=O) groups is 1. The molecule has 0 saturated carbocycles. The van der Waals surface area contributed by atoms with Crippen LogP contribution in [0.5, 0.6) is 0 Å². The minimum Gasteiger partial charge on any atom is -0.744 e. The maximum Gasteiger partial charge on any atom is 1.00 e. The molecule has 0 saturated heterocycles. The van der Waals surface area contributed by atoms with E-state index in [4.69, 9.17) is 0 Å². The van der Waals surface area contributed by atoms with Gasteiger partial charge in [-0.05, 0) is 24.3 Å². The van der Waals surface area contributed by atoms with Crippen LogP contribution in [0, 0.1) is 0 Å². The number of carbonyl (C=O) groups excluding carboxylic acids is 1. The average Bonchev–Trinajstić information content (AvgIpc) is 2.45. The van der Waals surface area contributed by atoms with E-state index >= 15 is 0 Å². The van der Waals surface area contributed by atoms with Crippen molar-refractivity contribution >= 4 is 26.0 Å². The molecule has 0 radical (unpaired) electrons. The van der Waals surface area contributed by atoms with Crippen LogP contribution in [0.3, 0.4) is 0 Å². The molecule has 0 aliphatic heterocycles. The van der Waals surface area contributed by atoms with Crippen LogP contribution >= 0.6 is 0 Å². The second-order valence-electron chi connectivity index (χ2n) is 4.29. The van der Waals surface area contributed by atoms with Crippen LogP contribution in [-0.2, 0) is 20.2 Å². The van der Waals surface area contributed by atoms with Gasteiger partial charge in [0.25, 0.3) is 0 Å². The molecule has 0 fully saturated rings. The zero-order valence-electron chi connectivity index (χ0n) is 12.8. The number of ketones is 1. The van der Waals surface area contributed by atoms with E-state index in [-0.39, 0.29) is 70.2 Å². The van der Waals surface area contributed by atoms with Gasteiger partial charge in [0.05, 0.1) is 9.79 Å². The summed E-state index contributed by atoms with van der Waals surface area (Å²) >= 11 is 0. The Kier molecular flexibility index (Phi) is 9.01. The van der Waals surface area contributed by atoms with Crippen molar-refractivity contribution in [2.75, 3.05) is 0 Å². The van der Waals surface area contributed by atoms with E-state index in [1.165, 1.54) is 24.3 Å². The van der Waals surface area contributed by atoms with Crippen LogP contribution in [-0.4, -0.2) is 31.7 Å². The van der Waals surface area contributed by atoms with Crippen molar-refractivity contribution in [1.29, 1.82) is 0 Å². The Bertz CT molecular complexity index is 876. The van der Waals surface area contributed by atoms with E-state index in [1.54, 1.807) is 0 Å². The first kappa shape index (κ1) is 23.9. The van der Waals surface area contributed by atoms with Gasteiger partial charge in [0, 0.05) is 11.1 Å². The SMILES string of the molecule is O=C(c1cccc(S(=O)(=O)[O-])c1)c1cccc(S(=O)(=O)[O-])c1.[Na+].[Na+]. The molecule has 2 aromatic rings. The molecular weight excluding hydrogens is 378 g/mol. The zero-order chi connectivity index (χ0) is 16.5. The van der Waals surface area contributed by atoms with Crippen molar-refractivity contribution < 1.29 is 89.9 Å². The van der Waals surface area contributed by atoms with Gasteiger partial charge in [0.2, 0.25) is 0 Å². The van der Waals surface area contributed by atoms with Gasteiger partial charge in [0.15, 0.2) is 5.78 Å². The Balaban J connectivity index is 0.00000264. The summed E-state index contributed by atoms with van der Waals surface area (Å²) < 4.78 is 65.7. The van der Waals surface area contributed by atoms with E-state index in [2.05, 4.69) is 0 Å². The summed E-state index contributed by atoms with van der Waals surface area (Å²) in [6.07, 6.45) is 0. The van der Waals surface area contributed by atoms with Gasteiger partial charge in [-0.25, -0.2) is 16.8 Å². The molecular formula is C13H8Na2O7S2. The van der Waals surface area contributed by atoms with Crippen LogP contribution in [0.25, 0.3) is 0 Å². The summed E-state index contributed by atoms with van der Waals surface area (Å²) in [7, 11) is -9.44. The largest absolute Gasteiger partial charge is 1.00 e. The van der Waals surface area contributed by atoms with Gasteiger partial charge < -0.3 is 9.11 Å². The molecule has 0 atom stereocenters. The molecule has 24 heavy (non-hydrogen) atoms. The quantitative estimate of drug-likeness (QED) is 0.291. The second kappa shape index (κ2) is 9.04. The third-order valence-electron chi connectivity index (χ3n) is 2.77. The van der Waals surface area contributed by atoms with E-state index in [9.17, 15) is 30.7 Å². The van der Waals surface area contributed by atoms with E-state index in [1.807, 2.05) is 0 Å². The molecule has 0 aliphatic carbocycles. The third kappa shape index (κ3) is 6.03. The molecule has 0 amide bonds. The topological polar surface area (TPSA) is 131 Å². The maximum atomic E-state index is 12.2. The number of rotatable bonds is 4. The predicted octanol–water partition coefficient (Wildman–Crippen LogP) is -5.27. The summed E-state index contributed by atoms with van der Waals surface area (Å²) in [4.78, 5) is 11.1. The first-order valence-electron chi connectivity index (χ1n) is 5.76. The molecule has 0 N–H and O–H groups in total. The van der Waals surface area contributed by atoms with Crippen LogP contribution in [0.1, 0.15) is 15.9 Å². The van der Waals surface area contributed by atoms with Gasteiger partial charge in [-0.15, -0.1) is 0 Å². The Morgan fingerprint density at radius 3 is 1.33 bits per heavy atom. The molecule has 0 heterocycles. The number of hydrogen-bond donors (Lipinski definition) is 0. The number of benzene rings is 2. The summed E-state index contributed by atoms with van der Waals surface area (Å²) in [5.41, 5.74) is -0.227. The average molecular weight is 386 g/mol. The minimum absolute atomic E-state index is 0. The standard InChI is InChI=1S/C13H10O7S2.2Na/c14-13(9-3-1-5-11(7-9)21(15,16)17)10-4-2-6-12(8-10)22(18,19)20;;/h1-8H,(H,15,16,17)(H,18,19,20);;/q;2*+1/p-2. The van der Waals surface area contributed by atoms with Crippen molar-refractivity contribution in [3.63, 3.8) is 0 Å². The van der Waals surface area contributed by atoms with Crippen molar-refractivity contribution in [3.8, 4) is 0 Å². The molecule has 116 valence electrons. The fourth-order valence-corrected chi connectivity index (χ4v) is 2.79. The zero-order valence-corrected chi connectivity index (χ0v) is 18.4. The first-order chi connectivity index (χ1) is 10.1.